The normalized spacial score (nSPS) is 17.0. The third-order valence-corrected chi connectivity index (χ3v) is 7.35. The van der Waals surface area contributed by atoms with Gasteiger partial charge in [-0.3, -0.25) is 14.5 Å². The minimum atomic E-state index is -0.511. The van der Waals surface area contributed by atoms with Crippen LogP contribution in [0, 0.1) is 10.1 Å². The lowest BCUT2D eigenvalue weighted by Gasteiger charge is -2.36. The van der Waals surface area contributed by atoms with Crippen LogP contribution in [-0.4, -0.2) is 63.2 Å². The van der Waals surface area contributed by atoms with Crippen LogP contribution in [0.25, 0.3) is 0 Å². The van der Waals surface area contributed by atoms with E-state index in [1.807, 2.05) is 42.6 Å². The van der Waals surface area contributed by atoms with Crippen molar-refractivity contribution in [2.75, 3.05) is 37.7 Å². The van der Waals surface area contributed by atoms with Crippen molar-refractivity contribution in [3.8, 4) is 17.5 Å². The van der Waals surface area contributed by atoms with E-state index in [1.165, 1.54) is 17.4 Å². The fraction of sp³-hybridized carbons (Fsp3) is 0.333. The number of aromatic nitrogens is 3. The molecule has 11 heteroatoms. The van der Waals surface area contributed by atoms with Gasteiger partial charge in [-0.2, -0.15) is 0 Å². The van der Waals surface area contributed by atoms with Crippen molar-refractivity contribution in [1.82, 2.24) is 19.4 Å². The second kappa shape index (κ2) is 12.3. The van der Waals surface area contributed by atoms with Crippen molar-refractivity contribution in [3.05, 3.63) is 100 Å². The van der Waals surface area contributed by atoms with Crippen LogP contribution < -0.4 is 19.1 Å². The number of rotatable bonds is 10. The van der Waals surface area contributed by atoms with Gasteiger partial charge in [0, 0.05) is 74.3 Å². The lowest BCUT2D eigenvalue weighted by atomic mass is 10.1. The van der Waals surface area contributed by atoms with Crippen LogP contribution in [0.4, 0.5) is 11.5 Å². The number of nitrogens with zero attached hydrogens (tertiary/aromatic N) is 6. The van der Waals surface area contributed by atoms with Crippen LogP contribution in [0.5, 0.6) is 17.5 Å². The number of ether oxygens (including phenoxy) is 3. The van der Waals surface area contributed by atoms with Crippen LogP contribution in [0.3, 0.4) is 0 Å². The van der Waals surface area contributed by atoms with Gasteiger partial charge in [-0.05, 0) is 53.0 Å². The van der Waals surface area contributed by atoms with Crippen molar-refractivity contribution in [3.63, 3.8) is 0 Å². The van der Waals surface area contributed by atoms with Crippen molar-refractivity contribution >= 4 is 11.5 Å². The Balaban J connectivity index is 0.927. The van der Waals surface area contributed by atoms with Gasteiger partial charge in [0.05, 0.1) is 0 Å². The van der Waals surface area contributed by atoms with Gasteiger partial charge >= 0.3 is 11.8 Å². The average molecular weight is 557 g/mol. The Hall–Kier alpha value is -4.64. The zero-order valence-electron chi connectivity index (χ0n) is 22.7. The molecule has 212 valence electrons. The predicted octanol–water partition coefficient (Wildman–Crippen LogP) is 4.32. The Morgan fingerprint density at radius 1 is 0.927 bits per heavy atom. The first-order valence-corrected chi connectivity index (χ1v) is 13.8. The minimum absolute atomic E-state index is 0.199. The van der Waals surface area contributed by atoms with E-state index < -0.39 is 4.92 Å². The molecule has 41 heavy (non-hydrogen) atoms. The molecule has 1 fully saturated rings. The highest BCUT2D eigenvalue weighted by atomic mass is 16.6. The summed E-state index contributed by atoms with van der Waals surface area (Å²) in [7, 11) is 0. The van der Waals surface area contributed by atoms with E-state index in [9.17, 15) is 10.1 Å². The van der Waals surface area contributed by atoms with Gasteiger partial charge in [0.1, 0.15) is 37.0 Å². The Labute approximate surface area is 238 Å². The first-order chi connectivity index (χ1) is 20.1. The minimum Gasteiger partial charge on any atom is -0.490 e. The number of nitro groups is 1. The molecule has 0 unspecified atom stereocenters. The molecular weight excluding hydrogens is 524 g/mol. The molecule has 0 aliphatic carbocycles. The summed E-state index contributed by atoms with van der Waals surface area (Å²) in [5, 5.41) is 10.9. The molecule has 2 aromatic heterocycles. The number of benzene rings is 2. The maximum absolute atomic E-state index is 10.9. The van der Waals surface area contributed by atoms with Gasteiger partial charge in [-0.1, -0.05) is 18.2 Å². The van der Waals surface area contributed by atoms with E-state index in [-0.39, 0.29) is 17.9 Å². The van der Waals surface area contributed by atoms with Crippen LogP contribution in [0.1, 0.15) is 17.5 Å². The largest absolute Gasteiger partial charge is 0.490 e. The SMILES string of the molecule is O=[N+]([O-])c1cn2c(n1)O[C@@H](COc1ccc(N3CCN(Cc4ccc(OCc5cccnc5)cc4)CC3)cc1)CC2. The predicted molar refractivity (Wildman–Crippen MR) is 152 cm³/mol. The third-order valence-electron chi connectivity index (χ3n) is 7.35. The smallest absolute Gasteiger partial charge is 0.414 e. The van der Waals surface area contributed by atoms with Crippen LogP contribution in [0.2, 0.25) is 0 Å². The highest BCUT2D eigenvalue weighted by molar-refractivity contribution is 5.49. The molecule has 0 saturated carbocycles. The first-order valence-electron chi connectivity index (χ1n) is 13.8. The van der Waals surface area contributed by atoms with Crippen LogP contribution in [-0.2, 0) is 19.7 Å². The fourth-order valence-corrected chi connectivity index (χ4v) is 5.04. The number of fused-ring (bicyclic) bond motifs is 1. The van der Waals surface area contributed by atoms with Crippen molar-refractivity contribution < 1.29 is 19.1 Å². The summed E-state index contributed by atoms with van der Waals surface area (Å²) < 4.78 is 19.3. The lowest BCUT2D eigenvalue weighted by molar-refractivity contribution is -0.389. The van der Waals surface area contributed by atoms with E-state index in [4.69, 9.17) is 14.2 Å². The van der Waals surface area contributed by atoms with Crippen molar-refractivity contribution in [2.45, 2.75) is 32.2 Å². The van der Waals surface area contributed by atoms with Gasteiger partial charge in [0.2, 0.25) is 0 Å². The zero-order chi connectivity index (χ0) is 28.0. The maximum atomic E-state index is 10.9. The number of aryl methyl sites for hydroxylation is 1. The monoisotopic (exact) mass is 556 g/mol. The number of piperazine rings is 1. The van der Waals surface area contributed by atoms with E-state index in [0.29, 0.717) is 26.2 Å². The Kier molecular flexibility index (Phi) is 7.94. The summed E-state index contributed by atoms with van der Waals surface area (Å²) in [4.78, 5) is 23.4. The molecule has 2 aliphatic rings. The zero-order valence-corrected chi connectivity index (χ0v) is 22.7. The summed E-state index contributed by atoms with van der Waals surface area (Å²) in [6.45, 7) is 6.30. The summed E-state index contributed by atoms with van der Waals surface area (Å²) in [6, 6.07) is 20.7. The molecule has 0 N–H and O–H groups in total. The maximum Gasteiger partial charge on any atom is 0.414 e. The number of imidazole rings is 1. The molecule has 0 radical (unpaired) electrons. The molecule has 2 aromatic carbocycles. The van der Waals surface area contributed by atoms with Crippen molar-refractivity contribution in [1.29, 1.82) is 0 Å². The molecule has 4 aromatic rings. The van der Waals surface area contributed by atoms with E-state index in [2.05, 4.69) is 44.0 Å². The summed E-state index contributed by atoms with van der Waals surface area (Å²) in [5.41, 5.74) is 3.50. The molecule has 0 amide bonds. The summed E-state index contributed by atoms with van der Waals surface area (Å²) in [6.07, 6.45) is 5.49. The summed E-state index contributed by atoms with van der Waals surface area (Å²) >= 11 is 0. The lowest BCUT2D eigenvalue weighted by Crippen LogP contribution is -2.45. The number of anilines is 1. The van der Waals surface area contributed by atoms with Gasteiger partial charge in [-0.15, -0.1) is 0 Å². The molecule has 0 bridgehead atoms. The van der Waals surface area contributed by atoms with Gasteiger partial charge < -0.3 is 29.2 Å². The fourth-order valence-electron chi connectivity index (χ4n) is 5.04. The van der Waals surface area contributed by atoms with E-state index in [0.717, 1.165) is 49.8 Å². The molecule has 11 nitrogen and oxygen atoms in total. The second-order valence-electron chi connectivity index (χ2n) is 10.2. The number of pyridine rings is 1. The van der Waals surface area contributed by atoms with Gasteiger partial charge in [0.15, 0.2) is 0 Å². The van der Waals surface area contributed by atoms with E-state index >= 15 is 0 Å². The molecule has 1 saturated heterocycles. The number of hydrogen-bond acceptors (Lipinski definition) is 9. The second-order valence-corrected chi connectivity index (χ2v) is 10.2. The Morgan fingerprint density at radius 2 is 1.68 bits per heavy atom. The van der Waals surface area contributed by atoms with Crippen LogP contribution >= 0.6 is 0 Å². The molecule has 2 aliphatic heterocycles. The molecule has 0 spiro atoms. The highest BCUT2D eigenvalue weighted by Crippen LogP contribution is 2.26. The quantitative estimate of drug-likeness (QED) is 0.208. The van der Waals surface area contributed by atoms with Gasteiger partial charge in [0.25, 0.3) is 0 Å². The summed E-state index contributed by atoms with van der Waals surface area (Å²) in [5.74, 6) is 1.43. The molecule has 6 rings (SSSR count). The van der Waals surface area contributed by atoms with Crippen molar-refractivity contribution in [2.24, 2.45) is 0 Å². The highest BCUT2D eigenvalue weighted by Gasteiger charge is 2.28. The Morgan fingerprint density at radius 3 is 2.41 bits per heavy atom. The topological polar surface area (TPSA) is 108 Å². The number of hydrogen-bond donors (Lipinski definition) is 0. The molecular formula is C30H32N6O5. The Bertz CT molecular complexity index is 1440. The standard InChI is InChI=1S/C30H32N6O5/c37-36(38)29-20-35-13-11-28(41-30(35)32-29)22-40-27-9-5-25(6-10-27)34-16-14-33(15-17-34)19-23-3-7-26(8-4-23)39-21-24-2-1-12-31-18-24/h1-10,12,18,20,28H,11,13-17,19,21-22H2/t28-/m1/s1. The van der Waals surface area contributed by atoms with Gasteiger partial charge in [-0.25, -0.2) is 0 Å². The average Bonchev–Trinajstić information content (AvgIpc) is 3.45. The first kappa shape index (κ1) is 26.6. The molecule has 1 atom stereocenters. The van der Waals surface area contributed by atoms with Crippen LogP contribution in [0.15, 0.2) is 79.3 Å². The third kappa shape index (κ3) is 6.75. The van der Waals surface area contributed by atoms with E-state index in [1.54, 1.807) is 10.8 Å². The molecule has 4 heterocycles.